The van der Waals surface area contributed by atoms with Crippen LogP contribution in [0.25, 0.3) is 0 Å². The van der Waals surface area contributed by atoms with Crippen LogP contribution in [0.4, 0.5) is 5.69 Å². The number of sulfone groups is 1. The molecule has 0 aliphatic carbocycles. The summed E-state index contributed by atoms with van der Waals surface area (Å²) < 4.78 is 23.5. The Morgan fingerprint density at radius 2 is 2.00 bits per heavy atom. The van der Waals surface area contributed by atoms with E-state index < -0.39 is 9.84 Å². The van der Waals surface area contributed by atoms with Crippen molar-refractivity contribution in [2.45, 2.75) is 19.6 Å². The smallest absolute Gasteiger partial charge is 0.154 e. The van der Waals surface area contributed by atoms with Crippen molar-refractivity contribution < 1.29 is 8.42 Å². The molecule has 0 radical (unpaired) electrons. The predicted octanol–water partition coefficient (Wildman–Crippen LogP) is 2.49. The highest BCUT2D eigenvalue weighted by molar-refractivity contribution is 7.90. The number of rotatable bonds is 4. The molecule has 0 aromatic heterocycles. The number of benzene rings is 1. The van der Waals surface area contributed by atoms with Gasteiger partial charge in [0.15, 0.2) is 9.84 Å². The van der Waals surface area contributed by atoms with Gasteiger partial charge in [0.25, 0.3) is 0 Å². The molecule has 0 saturated heterocycles. The molecule has 0 spiro atoms. The van der Waals surface area contributed by atoms with E-state index >= 15 is 0 Å². The highest BCUT2D eigenvalue weighted by atomic mass is 35.5. The van der Waals surface area contributed by atoms with Crippen molar-refractivity contribution in [2.24, 2.45) is 5.92 Å². The minimum absolute atomic E-state index is 0.0197. The summed E-state index contributed by atoms with van der Waals surface area (Å²) >= 11 is 5.74. The lowest BCUT2D eigenvalue weighted by Gasteiger charge is -2.09. The van der Waals surface area contributed by atoms with Crippen LogP contribution in [-0.2, 0) is 15.6 Å². The number of nitrogens with two attached hydrogens (primary N) is 1. The third kappa shape index (κ3) is 4.02. The van der Waals surface area contributed by atoms with Crippen LogP contribution in [0.15, 0.2) is 18.2 Å². The average Bonchev–Trinajstić information content (AvgIpc) is 2.07. The molecule has 1 rings (SSSR count). The summed E-state index contributed by atoms with van der Waals surface area (Å²) in [4.78, 5) is 0. The van der Waals surface area contributed by atoms with Crippen molar-refractivity contribution in [3.63, 3.8) is 0 Å². The van der Waals surface area contributed by atoms with Gasteiger partial charge in [-0.3, -0.25) is 0 Å². The first-order valence-corrected chi connectivity index (χ1v) is 7.24. The van der Waals surface area contributed by atoms with Gasteiger partial charge in [-0.1, -0.05) is 31.5 Å². The minimum atomic E-state index is -3.09. The van der Waals surface area contributed by atoms with Gasteiger partial charge in [-0.05, 0) is 23.6 Å². The highest BCUT2D eigenvalue weighted by Crippen LogP contribution is 2.20. The summed E-state index contributed by atoms with van der Waals surface area (Å²) in [5, 5.41) is 0.516. The van der Waals surface area contributed by atoms with E-state index in [0.717, 1.165) is 0 Å². The van der Waals surface area contributed by atoms with Gasteiger partial charge in [0, 0.05) is 10.7 Å². The average molecular weight is 262 g/mol. The topological polar surface area (TPSA) is 60.2 Å². The third-order valence-electron chi connectivity index (χ3n) is 2.07. The molecule has 0 fully saturated rings. The van der Waals surface area contributed by atoms with Gasteiger partial charge < -0.3 is 5.73 Å². The fourth-order valence-electron chi connectivity index (χ4n) is 1.50. The number of anilines is 1. The molecule has 1 aromatic rings. The first kappa shape index (κ1) is 13.3. The summed E-state index contributed by atoms with van der Waals surface area (Å²) in [6, 6.07) is 4.88. The van der Waals surface area contributed by atoms with Gasteiger partial charge in [-0.2, -0.15) is 0 Å². The van der Waals surface area contributed by atoms with Crippen LogP contribution in [0.3, 0.4) is 0 Å². The van der Waals surface area contributed by atoms with Crippen LogP contribution in [-0.4, -0.2) is 14.2 Å². The molecule has 0 aliphatic heterocycles. The Hall–Kier alpha value is -0.740. The van der Waals surface area contributed by atoms with Crippen LogP contribution in [0.1, 0.15) is 19.4 Å². The maximum Gasteiger partial charge on any atom is 0.154 e. The zero-order chi connectivity index (χ0) is 12.3. The Kier molecular flexibility index (Phi) is 4.21. The van der Waals surface area contributed by atoms with E-state index in [1.54, 1.807) is 18.2 Å². The van der Waals surface area contributed by atoms with E-state index in [9.17, 15) is 8.42 Å². The highest BCUT2D eigenvalue weighted by Gasteiger charge is 2.15. The fraction of sp³-hybridized carbons (Fsp3) is 0.455. The number of hydrogen-bond acceptors (Lipinski definition) is 3. The Morgan fingerprint density at radius 1 is 1.38 bits per heavy atom. The van der Waals surface area contributed by atoms with E-state index in [1.165, 1.54) is 0 Å². The molecule has 2 N–H and O–H groups in total. The van der Waals surface area contributed by atoms with Crippen molar-refractivity contribution in [1.82, 2.24) is 0 Å². The Morgan fingerprint density at radius 3 is 2.50 bits per heavy atom. The summed E-state index contributed by atoms with van der Waals surface area (Å²) in [6.07, 6.45) is 0. The van der Waals surface area contributed by atoms with Crippen molar-refractivity contribution in [3.8, 4) is 0 Å². The van der Waals surface area contributed by atoms with Gasteiger partial charge in [-0.25, -0.2) is 8.42 Å². The maximum atomic E-state index is 11.8. The lowest BCUT2D eigenvalue weighted by molar-refractivity contribution is 0.581. The van der Waals surface area contributed by atoms with Crippen LogP contribution in [0.5, 0.6) is 0 Å². The van der Waals surface area contributed by atoms with Crippen molar-refractivity contribution in [2.75, 3.05) is 11.5 Å². The van der Waals surface area contributed by atoms with Crippen molar-refractivity contribution >= 4 is 27.1 Å². The van der Waals surface area contributed by atoms with E-state index in [1.807, 2.05) is 13.8 Å². The maximum absolute atomic E-state index is 11.8. The second-order valence-electron chi connectivity index (χ2n) is 4.29. The minimum Gasteiger partial charge on any atom is -0.398 e. The number of nitrogen functional groups attached to an aromatic ring is 1. The lowest BCUT2D eigenvalue weighted by atomic mass is 10.2. The molecule has 3 nitrogen and oxygen atoms in total. The second kappa shape index (κ2) is 5.06. The zero-order valence-corrected chi connectivity index (χ0v) is 11.0. The summed E-state index contributed by atoms with van der Waals surface area (Å²) in [6.45, 7) is 3.76. The number of halogens is 1. The van der Waals surface area contributed by atoms with Gasteiger partial charge in [0.1, 0.15) is 0 Å². The van der Waals surface area contributed by atoms with E-state index in [2.05, 4.69) is 0 Å². The Bertz CT molecular complexity index is 469. The molecule has 90 valence electrons. The zero-order valence-electron chi connectivity index (χ0n) is 9.40. The van der Waals surface area contributed by atoms with E-state index in [0.29, 0.717) is 16.3 Å². The first-order chi connectivity index (χ1) is 7.30. The predicted molar refractivity (Wildman–Crippen MR) is 68.2 cm³/mol. The van der Waals surface area contributed by atoms with Gasteiger partial charge in [-0.15, -0.1) is 0 Å². The first-order valence-electron chi connectivity index (χ1n) is 5.04. The fourth-order valence-corrected chi connectivity index (χ4v) is 3.55. The molecule has 0 amide bonds. The molecular weight excluding hydrogens is 246 g/mol. The molecule has 0 heterocycles. The van der Waals surface area contributed by atoms with Crippen LogP contribution >= 0.6 is 11.6 Å². The quantitative estimate of drug-likeness (QED) is 0.847. The molecule has 0 aliphatic rings. The number of hydrogen-bond donors (Lipinski definition) is 1. The van der Waals surface area contributed by atoms with Crippen LogP contribution in [0.2, 0.25) is 5.02 Å². The normalized spacial score (nSPS) is 12.0. The standard InChI is InChI=1S/C11H16ClNO2S/c1-8(2)6-16(14,15)7-9-3-4-10(12)5-11(9)13/h3-5,8H,6-7,13H2,1-2H3. The van der Waals surface area contributed by atoms with Gasteiger partial charge in [0.05, 0.1) is 11.5 Å². The molecule has 16 heavy (non-hydrogen) atoms. The van der Waals surface area contributed by atoms with E-state index in [-0.39, 0.29) is 17.4 Å². The third-order valence-corrected chi connectivity index (χ3v) is 4.23. The van der Waals surface area contributed by atoms with Crippen LogP contribution < -0.4 is 5.73 Å². The summed E-state index contributed by atoms with van der Waals surface area (Å²) in [5.74, 6) is 0.280. The van der Waals surface area contributed by atoms with Crippen molar-refractivity contribution in [1.29, 1.82) is 0 Å². The SMILES string of the molecule is CC(C)CS(=O)(=O)Cc1ccc(Cl)cc1N. The monoisotopic (exact) mass is 261 g/mol. The molecule has 0 unspecified atom stereocenters. The molecule has 0 bridgehead atoms. The Balaban J connectivity index is 2.88. The second-order valence-corrected chi connectivity index (χ2v) is 6.84. The van der Waals surface area contributed by atoms with Crippen LogP contribution in [0, 0.1) is 5.92 Å². The molecule has 0 saturated carbocycles. The largest absolute Gasteiger partial charge is 0.398 e. The Labute approximate surface area is 102 Å². The molecule has 5 heteroatoms. The lowest BCUT2D eigenvalue weighted by Crippen LogP contribution is -2.14. The molecule has 1 aromatic carbocycles. The molecule has 0 atom stereocenters. The summed E-state index contributed by atoms with van der Waals surface area (Å²) in [7, 11) is -3.09. The van der Waals surface area contributed by atoms with Crippen molar-refractivity contribution in [3.05, 3.63) is 28.8 Å². The van der Waals surface area contributed by atoms with E-state index in [4.69, 9.17) is 17.3 Å². The summed E-state index contributed by atoms with van der Waals surface area (Å²) in [5.41, 5.74) is 6.76. The van der Waals surface area contributed by atoms with Gasteiger partial charge in [0.2, 0.25) is 0 Å². The molecular formula is C11H16ClNO2S. The van der Waals surface area contributed by atoms with Gasteiger partial charge >= 0.3 is 0 Å².